The molecule has 10 heteroatoms. The zero-order valence-electron chi connectivity index (χ0n) is 17.5. The predicted octanol–water partition coefficient (Wildman–Crippen LogP) is 4.96. The van der Waals surface area contributed by atoms with Gasteiger partial charge >= 0.3 is 12.1 Å². The minimum atomic E-state index is -5.10. The van der Waals surface area contributed by atoms with Crippen molar-refractivity contribution in [1.29, 1.82) is 0 Å². The summed E-state index contributed by atoms with van der Waals surface area (Å²) < 4.78 is 66.5. The number of hydroxylamine groups is 2. The maximum Gasteiger partial charge on any atom is 0.492 e. The van der Waals surface area contributed by atoms with Crippen molar-refractivity contribution < 1.29 is 31.6 Å². The van der Waals surface area contributed by atoms with Gasteiger partial charge in [-0.2, -0.15) is 18.3 Å². The van der Waals surface area contributed by atoms with Crippen molar-refractivity contribution in [2.45, 2.75) is 24.4 Å². The molecule has 174 valence electrons. The Balaban J connectivity index is 1.64. The standard InChI is InChI=1S/C23H20F5N3O2/c1-30-21(12-20(29-30)15-4-8-17(25)9-5-15)18-10-11-31(33-22(32)23(26,27)28)13-19(18)14-2-6-16(24)7-3-14/h2-9,12,18-19H,10-11,13H2,1H3/t18-,19+/m1/s1. The lowest BCUT2D eigenvalue weighted by molar-refractivity contribution is -0.242. The van der Waals surface area contributed by atoms with E-state index in [9.17, 15) is 26.7 Å². The molecule has 0 unspecified atom stereocenters. The average molecular weight is 465 g/mol. The molecule has 2 heterocycles. The fourth-order valence-electron chi connectivity index (χ4n) is 4.17. The summed E-state index contributed by atoms with van der Waals surface area (Å²) >= 11 is 0. The smallest absolute Gasteiger partial charge is 0.361 e. The van der Waals surface area contributed by atoms with Crippen LogP contribution >= 0.6 is 0 Å². The third-order valence-corrected chi connectivity index (χ3v) is 5.75. The summed E-state index contributed by atoms with van der Waals surface area (Å²) in [4.78, 5) is 15.9. The number of benzene rings is 2. The molecule has 0 amide bonds. The number of aromatic nitrogens is 2. The molecule has 5 nitrogen and oxygen atoms in total. The molecule has 0 radical (unpaired) electrons. The molecular formula is C23H20F5N3O2. The van der Waals surface area contributed by atoms with E-state index in [2.05, 4.69) is 9.94 Å². The number of alkyl halides is 3. The van der Waals surface area contributed by atoms with Crippen molar-refractivity contribution in [2.24, 2.45) is 7.05 Å². The van der Waals surface area contributed by atoms with Crippen LogP contribution in [0, 0.1) is 11.6 Å². The number of piperidine rings is 1. The summed E-state index contributed by atoms with van der Waals surface area (Å²) in [6.07, 6.45) is -4.73. The van der Waals surface area contributed by atoms with Crippen LogP contribution in [0.2, 0.25) is 0 Å². The fraction of sp³-hybridized carbons (Fsp3) is 0.304. The molecule has 1 aliphatic heterocycles. The molecule has 0 bridgehead atoms. The Morgan fingerprint density at radius 2 is 1.61 bits per heavy atom. The van der Waals surface area contributed by atoms with Gasteiger partial charge in [0.25, 0.3) is 0 Å². The average Bonchev–Trinajstić information content (AvgIpc) is 3.15. The van der Waals surface area contributed by atoms with E-state index in [0.29, 0.717) is 23.2 Å². The number of carbonyl (C=O) groups is 1. The number of halogens is 5. The maximum absolute atomic E-state index is 13.5. The molecule has 2 aromatic carbocycles. The van der Waals surface area contributed by atoms with Crippen LogP contribution in [0.4, 0.5) is 22.0 Å². The maximum atomic E-state index is 13.5. The zero-order chi connectivity index (χ0) is 23.8. The molecular weight excluding hydrogens is 445 g/mol. The molecule has 4 rings (SSSR count). The Kier molecular flexibility index (Phi) is 6.20. The van der Waals surface area contributed by atoms with E-state index in [1.165, 1.54) is 24.3 Å². The second-order valence-corrected chi connectivity index (χ2v) is 7.90. The first-order valence-electron chi connectivity index (χ1n) is 10.2. The van der Waals surface area contributed by atoms with Gasteiger partial charge in [0.2, 0.25) is 0 Å². The number of hydrogen-bond acceptors (Lipinski definition) is 4. The van der Waals surface area contributed by atoms with Crippen molar-refractivity contribution in [3.8, 4) is 11.3 Å². The first kappa shape index (κ1) is 22.9. The van der Waals surface area contributed by atoms with Crippen LogP contribution in [0.25, 0.3) is 11.3 Å². The lowest BCUT2D eigenvalue weighted by Crippen LogP contribution is -2.42. The van der Waals surface area contributed by atoms with Crippen molar-refractivity contribution >= 4 is 5.97 Å². The van der Waals surface area contributed by atoms with E-state index in [1.807, 2.05) is 6.07 Å². The van der Waals surface area contributed by atoms with Gasteiger partial charge in [0, 0.05) is 43.2 Å². The number of carbonyl (C=O) groups excluding carboxylic acids is 1. The topological polar surface area (TPSA) is 47.4 Å². The second-order valence-electron chi connectivity index (χ2n) is 7.90. The molecule has 1 saturated heterocycles. The van der Waals surface area contributed by atoms with Crippen LogP contribution < -0.4 is 0 Å². The highest BCUT2D eigenvalue weighted by molar-refractivity contribution is 5.75. The Hall–Kier alpha value is -3.27. The number of rotatable bonds is 4. The van der Waals surface area contributed by atoms with Crippen molar-refractivity contribution in [3.05, 3.63) is 77.5 Å². The van der Waals surface area contributed by atoms with Crippen LogP contribution in [-0.2, 0) is 16.7 Å². The van der Waals surface area contributed by atoms with Gasteiger partial charge in [-0.1, -0.05) is 12.1 Å². The highest BCUT2D eigenvalue weighted by Crippen LogP contribution is 2.41. The SMILES string of the molecule is Cn1nc(-c2ccc(F)cc2)cc1[C@@H]1CCN(OC(=O)C(F)(F)F)C[C@H]1c1ccc(F)cc1. The Labute approximate surface area is 186 Å². The normalized spacial score (nSPS) is 19.5. The Morgan fingerprint density at radius 3 is 2.21 bits per heavy atom. The summed E-state index contributed by atoms with van der Waals surface area (Å²) in [7, 11) is 1.75. The van der Waals surface area contributed by atoms with Gasteiger partial charge in [-0.25, -0.2) is 13.6 Å². The van der Waals surface area contributed by atoms with E-state index >= 15 is 0 Å². The van der Waals surface area contributed by atoms with Crippen LogP contribution in [-0.4, -0.2) is 40.1 Å². The monoisotopic (exact) mass is 465 g/mol. The first-order valence-corrected chi connectivity index (χ1v) is 10.2. The van der Waals surface area contributed by atoms with E-state index < -0.39 is 23.9 Å². The van der Waals surface area contributed by atoms with Crippen molar-refractivity contribution in [2.75, 3.05) is 13.1 Å². The van der Waals surface area contributed by atoms with E-state index in [0.717, 1.165) is 10.8 Å². The van der Waals surface area contributed by atoms with E-state index in [1.54, 1.807) is 36.0 Å². The lowest BCUT2D eigenvalue weighted by atomic mass is 9.79. The summed E-state index contributed by atoms with van der Waals surface area (Å²) in [6.45, 7) is 0.0798. The van der Waals surface area contributed by atoms with Gasteiger partial charge in [0.05, 0.1) is 5.69 Å². The van der Waals surface area contributed by atoms with Crippen LogP contribution in [0.15, 0.2) is 54.6 Å². The summed E-state index contributed by atoms with van der Waals surface area (Å²) in [6, 6.07) is 13.4. The van der Waals surface area contributed by atoms with Crippen molar-refractivity contribution in [3.63, 3.8) is 0 Å². The minimum absolute atomic E-state index is 0.00478. The molecule has 33 heavy (non-hydrogen) atoms. The van der Waals surface area contributed by atoms with Gasteiger partial charge in [0.1, 0.15) is 11.6 Å². The Morgan fingerprint density at radius 1 is 1.00 bits per heavy atom. The van der Waals surface area contributed by atoms with Crippen molar-refractivity contribution in [1.82, 2.24) is 14.8 Å². The molecule has 0 spiro atoms. The van der Waals surface area contributed by atoms with Crippen LogP contribution in [0.1, 0.15) is 29.5 Å². The largest absolute Gasteiger partial charge is 0.492 e. The molecule has 0 saturated carbocycles. The number of aryl methyl sites for hydroxylation is 1. The zero-order valence-corrected chi connectivity index (χ0v) is 17.5. The van der Waals surface area contributed by atoms with E-state index in [4.69, 9.17) is 0 Å². The molecule has 1 fully saturated rings. The molecule has 3 aromatic rings. The van der Waals surface area contributed by atoms with Gasteiger partial charge in [-0.15, -0.1) is 5.06 Å². The molecule has 1 aliphatic rings. The third kappa shape index (κ3) is 5.05. The lowest BCUT2D eigenvalue weighted by Gasteiger charge is -2.37. The molecule has 2 atom stereocenters. The highest BCUT2D eigenvalue weighted by atomic mass is 19.4. The summed E-state index contributed by atoms with van der Waals surface area (Å²) in [5.41, 5.74) is 2.84. The number of nitrogens with zero attached hydrogens (tertiary/aromatic N) is 3. The quantitative estimate of drug-likeness (QED) is 0.511. The first-order chi connectivity index (χ1) is 15.6. The Bertz CT molecular complexity index is 1130. The predicted molar refractivity (Wildman–Crippen MR) is 109 cm³/mol. The van der Waals surface area contributed by atoms with Gasteiger partial charge in [-0.3, -0.25) is 4.68 Å². The third-order valence-electron chi connectivity index (χ3n) is 5.75. The van der Waals surface area contributed by atoms with Crippen LogP contribution in [0.3, 0.4) is 0 Å². The van der Waals surface area contributed by atoms with Gasteiger partial charge in [0.15, 0.2) is 0 Å². The number of hydrogen-bond donors (Lipinski definition) is 0. The van der Waals surface area contributed by atoms with E-state index in [-0.39, 0.29) is 24.8 Å². The minimum Gasteiger partial charge on any atom is -0.361 e. The van der Waals surface area contributed by atoms with Crippen LogP contribution in [0.5, 0.6) is 0 Å². The molecule has 0 N–H and O–H groups in total. The molecule has 0 aliphatic carbocycles. The van der Waals surface area contributed by atoms with Gasteiger partial charge in [-0.05, 0) is 54.4 Å². The summed E-state index contributed by atoms with van der Waals surface area (Å²) in [5.74, 6) is -3.67. The fourth-order valence-corrected chi connectivity index (χ4v) is 4.17. The summed E-state index contributed by atoms with van der Waals surface area (Å²) in [5, 5.41) is 5.51. The molecule has 1 aromatic heterocycles. The second kappa shape index (κ2) is 8.93. The highest BCUT2D eigenvalue weighted by Gasteiger charge is 2.44. The van der Waals surface area contributed by atoms with Gasteiger partial charge < -0.3 is 4.84 Å².